The van der Waals surface area contributed by atoms with Crippen LogP contribution in [-0.2, 0) is 6.54 Å². The van der Waals surface area contributed by atoms with Crippen LogP contribution in [0.3, 0.4) is 0 Å². The maximum atomic E-state index is 12.4. The van der Waals surface area contributed by atoms with Crippen LogP contribution in [0.1, 0.15) is 15.9 Å². The van der Waals surface area contributed by atoms with Gasteiger partial charge in [0.15, 0.2) is 0 Å². The number of fused-ring (bicyclic) bond motifs is 1. The summed E-state index contributed by atoms with van der Waals surface area (Å²) < 4.78 is 0. The van der Waals surface area contributed by atoms with E-state index in [1.807, 2.05) is 42.0 Å². The van der Waals surface area contributed by atoms with Crippen molar-refractivity contribution < 1.29 is 4.79 Å². The van der Waals surface area contributed by atoms with Gasteiger partial charge in [-0.05, 0) is 57.6 Å². The van der Waals surface area contributed by atoms with E-state index in [0.717, 1.165) is 27.6 Å². The molecule has 24 heavy (non-hydrogen) atoms. The molecular weight excluding hydrogens is 318 g/mol. The van der Waals surface area contributed by atoms with E-state index in [4.69, 9.17) is 0 Å². The van der Waals surface area contributed by atoms with Crippen LogP contribution in [0.25, 0.3) is 22.0 Å². The van der Waals surface area contributed by atoms with Gasteiger partial charge in [-0.2, -0.15) is 11.3 Å². The minimum Gasteiger partial charge on any atom is -0.361 e. The zero-order chi connectivity index (χ0) is 16.4. The summed E-state index contributed by atoms with van der Waals surface area (Å²) in [5.74, 6) is -0.0903. The molecule has 0 saturated heterocycles. The predicted molar refractivity (Wildman–Crippen MR) is 97.0 cm³/mol. The molecule has 4 rings (SSSR count). The average molecular weight is 333 g/mol. The number of amides is 1. The first-order chi connectivity index (χ1) is 11.8. The minimum absolute atomic E-state index is 0.0903. The van der Waals surface area contributed by atoms with Crippen LogP contribution < -0.4 is 5.32 Å². The van der Waals surface area contributed by atoms with Crippen molar-refractivity contribution in [2.24, 2.45) is 0 Å². The standard InChI is InChI=1S/C19H15N3OS/c23-19(15-2-1-14-3-5-21-18(14)8-15)22-10-13-7-17(11-20-9-13)16-4-6-24-12-16/h1-9,11-12,21H,10H2,(H,22,23). The number of benzene rings is 1. The van der Waals surface area contributed by atoms with Crippen molar-refractivity contribution in [1.82, 2.24) is 15.3 Å². The lowest BCUT2D eigenvalue weighted by atomic mass is 10.1. The quantitative estimate of drug-likeness (QED) is 0.587. The molecule has 0 aliphatic rings. The van der Waals surface area contributed by atoms with Gasteiger partial charge in [0, 0.05) is 41.8 Å². The Morgan fingerprint density at radius 2 is 2.08 bits per heavy atom. The third kappa shape index (κ3) is 2.94. The monoisotopic (exact) mass is 333 g/mol. The maximum Gasteiger partial charge on any atom is 0.251 e. The molecule has 0 aliphatic carbocycles. The number of nitrogens with one attached hydrogen (secondary N) is 2. The van der Waals surface area contributed by atoms with Crippen LogP contribution >= 0.6 is 11.3 Å². The highest BCUT2D eigenvalue weighted by molar-refractivity contribution is 7.08. The van der Waals surface area contributed by atoms with Gasteiger partial charge in [-0.3, -0.25) is 9.78 Å². The molecule has 3 heterocycles. The number of H-pyrrole nitrogens is 1. The van der Waals surface area contributed by atoms with E-state index >= 15 is 0 Å². The fourth-order valence-corrected chi connectivity index (χ4v) is 3.31. The molecule has 0 fully saturated rings. The Morgan fingerprint density at radius 3 is 2.96 bits per heavy atom. The molecule has 0 saturated carbocycles. The van der Waals surface area contributed by atoms with Crippen molar-refractivity contribution in [2.75, 3.05) is 0 Å². The molecule has 118 valence electrons. The Labute approximate surface area is 143 Å². The SMILES string of the molecule is O=C(NCc1cncc(-c2ccsc2)c1)c1ccc2cc[nH]c2c1. The first-order valence-corrected chi connectivity index (χ1v) is 8.56. The first kappa shape index (κ1) is 14.7. The van der Waals surface area contributed by atoms with Crippen molar-refractivity contribution in [2.45, 2.75) is 6.54 Å². The van der Waals surface area contributed by atoms with Crippen LogP contribution in [0.15, 0.2) is 65.7 Å². The Bertz CT molecular complexity index is 989. The maximum absolute atomic E-state index is 12.4. The zero-order valence-electron chi connectivity index (χ0n) is 12.8. The van der Waals surface area contributed by atoms with Crippen molar-refractivity contribution in [1.29, 1.82) is 0 Å². The number of hydrogen-bond acceptors (Lipinski definition) is 3. The van der Waals surface area contributed by atoms with Gasteiger partial charge in [-0.25, -0.2) is 0 Å². The van der Waals surface area contributed by atoms with Crippen molar-refractivity contribution in [3.05, 3.63) is 76.9 Å². The van der Waals surface area contributed by atoms with Crippen LogP contribution in [-0.4, -0.2) is 15.9 Å². The van der Waals surface area contributed by atoms with Gasteiger partial charge in [0.25, 0.3) is 5.91 Å². The number of hydrogen-bond donors (Lipinski definition) is 2. The van der Waals surface area contributed by atoms with Gasteiger partial charge in [-0.1, -0.05) is 6.07 Å². The smallest absolute Gasteiger partial charge is 0.251 e. The van der Waals surface area contributed by atoms with E-state index in [2.05, 4.69) is 32.8 Å². The minimum atomic E-state index is -0.0903. The molecule has 5 heteroatoms. The number of nitrogens with zero attached hydrogens (tertiary/aromatic N) is 1. The molecule has 0 atom stereocenters. The second-order valence-corrected chi connectivity index (χ2v) is 6.34. The summed E-state index contributed by atoms with van der Waals surface area (Å²) in [6, 6.07) is 11.8. The Kier molecular flexibility index (Phi) is 3.84. The predicted octanol–water partition coefficient (Wildman–Crippen LogP) is 4.22. The fourth-order valence-electron chi connectivity index (χ4n) is 2.64. The second kappa shape index (κ2) is 6.29. The summed E-state index contributed by atoms with van der Waals surface area (Å²) >= 11 is 1.66. The van der Waals surface area contributed by atoms with Crippen LogP contribution in [0.4, 0.5) is 0 Å². The number of aromatic nitrogens is 2. The van der Waals surface area contributed by atoms with Gasteiger partial charge >= 0.3 is 0 Å². The van der Waals surface area contributed by atoms with Crippen LogP contribution in [0.5, 0.6) is 0 Å². The van der Waals surface area contributed by atoms with E-state index in [0.29, 0.717) is 12.1 Å². The summed E-state index contributed by atoms with van der Waals surface area (Å²) in [5.41, 5.74) is 4.80. The first-order valence-electron chi connectivity index (χ1n) is 7.61. The zero-order valence-corrected chi connectivity index (χ0v) is 13.6. The van der Waals surface area contributed by atoms with E-state index in [-0.39, 0.29) is 5.91 Å². The van der Waals surface area contributed by atoms with Gasteiger partial charge in [0.1, 0.15) is 0 Å². The molecule has 0 unspecified atom stereocenters. The summed E-state index contributed by atoms with van der Waals surface area (Å²) in [6.45, 7) is 0.451. The molecule has 0 aliphatic heterocycles. The number of pyridine rings is 1. The van der Waals surface area contributed by atoms with Crippen LogP contribution in [0.2, 0.25) is 0 Å². The van der Waals surface area contributed by atoms with Gasteiger partial charge < -0.3 is 10.3 Å². The molecule has 4 nitrogen and oxygen atoms in total. The summed E-state index contributed by atoms with van der Waals surface area (Å²) in [4.78, 5) is 19.7. The van der Waals surface area contributed by atoms with E-state index in [9.17, 15) is 4.79 Å². The van der Waals surface area contributed by atoms with Gasteiger partial charge in [0.05, 0.1) is 0 Å². The van der Waals surface area contributed by atoms with Crippen molar-refractivity contribution in [3.8, 4) is 11.1 Å². The van der Waals surface area contributed by atoms with Gasteiger partial charge in [0.2, 0.25) is 0 Å². The fraction of sp³-hybridized carbons (Fsp3) is 0.0526. The molecular formula is C19H15N3OS. The third-order valence-corrected chi connectivity index (χ3v) is 4.60. The highest BCUT2D eigenvalue weighted by atomic mass is 32.1. The number of carbonyl (C=O) groups excluding carboxylic acids is 1. The summed E-state index contributed by atoms with van der Waals surface area (Å²) in [5, 5.41) is 8.18. The molecule has 1 amide bonds. The Morgan fingerprint density at radius 1 is 1.12 bits per heavy atom. The van der Waals surface area contributed by atoms with Crippen molar-refractivity contribution >= 4 is 28.1 Å². The van der Waals surface area contributed by atoms with Crippen LogP contribution in [0, 0.1) is 0 Å². The molecule has 1 aromatic carbocycles. The Hall–Kier alpha value is -2.92. The number of rotatable bonds is 4. The Balaban J connectivity index is 1.48. The van der Waals surface area contributed by atoms with Crippen molar-refractivity contribution in [3.63, 3.8) is 0 Å². The van der Waals surface area contributed by atoms with E-state index < -0.39 is 0 Å². The number of carbonyl (C=O) groups is 1. The lowest BCUT2D eigenvalue weighted by Gasteiger charge is -2.07. The second-order valence-electron chi connectivity index (χ2n) is 5.56. The molecule has 0 spiro atoms. The topological polar surface area (TPSA) is 57.8 Å². The summed E-state index contributed by atoms with van der Waals surface area (Å²) in [6.07, 6.45) is 5.49. The molecule has 0 bridgehead atoms. The number of thiophene rings is 1. The average Bonchev–Trinajstić information content (AvgIpc) is 3.30. The third-order valence-electron chi connectivity index (χ3n) is 3.92. The highest BCUT2D eigenvalue weighted by Crippen LogP contribution is 2.22. The van der Waals surface area contributed by atoms with E-state index in [1.54, 1.807) is 17.5 Å². The summed E-state index contributed by atoms with van der Waals surface area (Å²) in [7, 11) is 0. The molecule has 4 aromatic rings. The highest BCUT2D eigenvalue weighted by Gasteiger charge is 2.07. The lowest BCUT2D eigenvalue weighted by molar-refractivity contribution is 0.0951. The molecule has 2 N–H and O–H groups in total. The normalized spacial score (nSPS) is 10.8. The lowest BCUT2D eigenvalue weighted by Crippen LogP contribution is -2.22. The number of aromatic amines is 1. The van der Waals surface area contributed by atoms with E-state index in [1.165, 1.54) is 0 Å². The molecule has 3 aromatic heterocycles. The van der Waals surface area contributed by atoms with Gasteiger partial charge in [-0.15, -0.1) is 0 Å². The molecule has 0 radical (unpaired) electrons. The largest absolute Gasteiger partial charge is 0.361 e.